The third kappa shape index (κ3) is 3.85. The van der Waals surface area contributed by atoms with E-state index in [-0.39, 0.29) is 24.4 Å². The van der Waals surface area contributed by atoms with Gasteiger partial charge in [0, 0.05) is 12.0 Å². The minimum Gasteiger partial charge on any atom is -0.465 e. The van der Waals surface area contributed by atoms with Crippen LogP contribution in [0.15, 0.2) is 48.5 Å². The van der Waals surface area contributed by atoms with Crippen molar-refractivity contribution in [1.82, 2.24) is 0 Å². The third-order valence-corrected chi connectivity index (χ3v) is 5.00. The molecule has 0 saturated heterocycles. The summed E-state index contributed by atoms with van der Waals surface area (Å²) >= 11 is 0. The van der Waals surface area contributed by atoms with Gasteiger partial charge in [-0.3, -0.25) is 19.7 Å². The highest BCUT2D eigenvalue weighted by Crippen LogP contribution is 2.61. The maximum Gasteiger partial charge on any atom is 0.416 e. The SMILES string of the molecule is CCOC(=O)C1(C(=O)Nc2ccccc2[N+](=O)[O-])CC1c1ccc(C(F)(F)F)cc1. The summed E-state index contributed by atoms with van der Waals surface area (Å²) in [5, 5.41) is 13.6. The molecule has 2 unspecified atom stereocenters. The van der Waals surface area contributed by atoms with E-state index in [0.717, 1.165) is 12.1 Å². The lowest BCUT2D eigenvalue weighted by molar-refractivity contribution is -0.383. The van der Waals surface area contributed by atoms with E-state index in [4.69, 9.17) is 4.74 Å². The number of carbonyl (C=O) groups is 2. The quantitative estimate of drug-likeness (QED) is 0.324. The number of alkyl halides is 3. The van der Waals surface area contributed by atoms with Gasteiger partial charge in [0.15, 0.2) is 5.41 Å². The van der Waals surface area contributed by atoms with Gasteiger partial charge in [-0.2, -0.15) is 13.2 Å². The van der Waals surface area contributed by atoms with Crippen LogP contribution in [-0.2, 0) is 20.5 Å². The number of esters is 1. The number of para-hydroxylation sites is 2. The summed E-state index contributed by atoms with van der Waals surface area (Å²) in [4.78, 5) is 36.1. The smallest absolute Gasteiger partial charge is 0.416 e. The van der Waals surface area contributed by atoms with Gasteiger partial charge in [-0.25, -0.2) is 0 Å². The van der Waals surface area contributed by atoms with Crippen molar-refractivity contribution in [2.24, 2.45) is 5.41 Å². The lowest BCUT2D eigenvalue weighted by atomic mass is 9.97. The van der Waals surface area contributed by atoms with E-state index in [9.17, 15) is 32.9 Å². The van der Waals surface area contributed by atoms with Gasteiger partial charge >= 0.3 is 12.1 Å². The molecule has 0 bridgehead atoms. The van der Waals surface area contributed by atoms with E-state index in [2.05, 4.69) is 5.32 Å². The Kier molecular flexibility index (Phi) is 5.51. The number of benzene rings is 2. The number of hydrogen-bond donors (Lipinski definition) is 1. The first-order valence-electron chi connectivity index (χ1n) is 9.00. The zero-order valence-electron chi connectivity index (χ0n) is 15.7. The second-order valence-electron chi connectivity index (χ2n) is 6.80. The molecule has 0 spiro atoms. The van der Waals surface area contributed by atoms with Crippen LogP contribution in [0.3, 0.4) is 0 Å². The van der Waals surface area contributed by atoms with Gasteiger partial charge in [-0.15, -0.1) is 0 Å². The molecule has 2 atom stereocenters. The van der Waals surface area contributed by atoms with Gasteiger partial charge in [-0.1, -0.05) is 24.3 Å². The zero-order valence-corrected chi connectivity index (χ0v) is 15.7. The van der Waals surface area contributed by atoms with Crippen LogP contribution < -0.4 is 5.32 Å². The van der Waals surface area contributed by atoms with E-state index in [1.165, 1.54) is 36.4 Å². The van der Waals surface area contributed by atoms with Crippen LogP contribution in [0.1, 0.15) is 30.4 Å². The molecule has 1 amide bonds. The number of nitro groups is 1. The number of halogens is 3. The van der Waals surface area contributed by atoms with Crippen molar-refractivity contribution in [1.29, 1.82) is 0 Å². The second kappa shape index (κ2) is 7.77. The third-order valence-electron chi connectivity index (χ3n) is 5.00. The fourth-order valence-electron chi connectivity index (χ4n) is 3.37. The minimum atomic E-state index is -4.51. The van der Waals surface area contributed by atoms with Crippen LogP contribution in [0.4, 0.5) is 24.5 Å². The molecular formula is C20H17F3N2O5. The number of rotatable bonds is 6. The molecule has 3 rings (SSSR count). The first kappa shape index (κ1) is 21.3. The molecule has 7 nitrogen and oxygen atoms in total. The molecule has 0 radical (unpaired) electrons. The molecule has 1 fully saturated rings. The largest absolute Gasteiger partial charge is 0.465 e. The average Bonchev–Trinajstić information content (AvgIpc) is 3.45. The summed E-state index contributed by atoms with van der Waals surface area (Å²) in [5.41, 5.74) is -2.59. The number of anilines is 1. The van der Waals surface area contributed by atoms with Crippen molar-refractivity contribution in [3.8, 4) is 0 Å². The van der Waals surface area contributed by atoms with E-state index in [0.29, 0.717) is 5.56 Å². The second-order valence-corrected chi connectivity index (χ2v) is 6.80. The van der Waals surface area contributed by atoms with Crippen LogP contribution in [0, 0.1) is 15.5 Å². The van der Waals surface area contributed by atoms with Crippen molar-refractivity contribution in [3.63, 3.8) is 0 Å². The number of nitro benzene ring substituents is 1. The molecule has 0 heterocycles. The highest BCUT2D eigenvalue weighted by Gasteiger charge is 2.67. The standard InChI is InChI=1S/C20H17F3N2O5/c1-2-30-18(27)19(17(26)24-15-5-3-4-6-16(15)25(28)29)11-14(19)12-7-9-13(10-8-12)20(21,22)23/h3-10,14H,2,11H2,1H3,(H,24,26). The Bertz CT molecular complexity index is 991. The molecule has 2 aromatic carbocycles. The Morgan fingerprint density at radius 2 is 1.83 bits per heavy atom. The topological polar surface area (TPSA) is 98.5 Å². The molecule has 1 aliphatic carbocycles. The number of carbonyl (C=O) groups excluding carboxylic acids is 2. The summed E-state index contributed by atoms with van der Waals surface area (Å²) in [6, 6.07) is 9.63. The van der Waals surface area contributed by atoms with Crippen LogP contribution in [0.5, 0.6) is 0 Å². The number of amides is 1. The average molecular weight is 422 g/mol. The van der Waals surface area contributed by atoms with Crippen molar-refractivity contribution in [2.75, 3.05) is 11.9 Å². The maximum absolute atomic E-state index is 13.0. The van der Waals surface area contributed by atoms with E-state index in [1.54, 1.807) is 6.92 Å². The molecule has 0 aliphatic heterocycles. The Hall–Kier alpha value is -3.43. The van der Waals surface area contributed by atoms with Crippen molar-refractivity contribution < 1.29 is 32.4 Å². The van der Waals surface area contributed by atoms with Crippen LogP contribution in [0.2, 0.25) is 0 Å². The number of ether oxygens (including phenoxy) is 1. The van der Waals surface area contributed by atoms with E-state index >= 15 is 0 Å². The van der Waals surface area contributed by atoms with Gasteiger partial charge in [0.05, 0.1) is 17.1 Å². The first-order chi connectivity index (χ1) is 14.1. The summed E-state index contributed by atoms with van der Waals surface area (Å²) in [7, 11) is 0. The molecule has 2 aromatic rings. The highest BCUT2D eigenvalue weighted by atomic mass is 19.4. The lowest BCUT2D eigenvalue weighted by Gasteiger charge is -2.16. The van der Waals surface area contributed by atoms with Crippen molar-refractivity contribution in [3.05, 3.63) is 69.8 Å². The molecule has 1 saturated carbocycles. The molecule has 1 N–H and O–H groups in total. The van der Waals surface area contributed by atoms with Crippen molar-refractivity contribution >= 4 is 23.3 Å². The minimum absolute atomic E-state index is 0.000913. The Morgan fingerprint density at radius 1 is 1.20 bits per heavy atom. The molecule has 10 heteroatoms. The fraction of sp³-hybridized carbons (Fsp3) is 0.300. The van der Waals surface area contributed by atoms with Gasteiger partial charge in [0.25, 0.3) is 5.69 Å². The van der Waals surface area contributed by atoms with Gasteiger partial charge < -0.3 is 10.1 Å². The van der Waals surface area contributed by atoms with E-state index < -0.39 is 39.9 Å². The zero-order chi connectivity index (χ0) is 22.1. The van der Waals surface area contributed by atoms with Gasteiger partial charge in [-0.05, 0) is 37.1 Å². The predicted molar refractivity (Wildman–Crippen MR) is 99.6 cm³/mol. The van der Waals surface area contributed by atoms with Crippen molar-refractivity contribution in [2.45, 2.75) is 25.4 Å². The monoisotopic (exact) mass is 422 g/mol. The Labute approximate surface area is 169 Å². The summed E-state index contributed by atoms with van der Waals surface area (Å²) < 4.78 is 43.4. The van der Waals surface area contributed by atoms with Gasteiger partial charge in [0.1, 0.15) is 5.69 Å². The number of nitrogens with one attached hydrogen (secondary N) is 1. The predicted octanol–water partition coefficient (Wildman–Crippen LogP) is 4.29. The fourth-order valence-corrected chi connectivity index (χ4v) is 3.37. The highest BCUT2D eigenvalue weighted by molar-refractivity contribution is 6.13. The molecule has 1 aliphatic rings. The van der Waals surface area contributed by atoms with Crippen LogP contribution >= 0.6 is 0 Å². The van der Waals surface area contributed by atoms with E-state index in [1.807, 2.05) is 0 Å². The first-order valence-corrected chi connectivity index (χ1v) is 9.00. The van der Waals surface area contributed by atoms with Crippen LogP contribution in [-0.4, -0.2) is 23.4 Å². The maximum atomic E-state index is 13.0. The van der Waals surface area contributed by atoms with Crippen LogP contribution in [0.25, 0.3) is 0 Å². The number of hydrogen-bond acceptors (Lipinski definition) is 5. The summed E-state index contributed by atoms with van der Waals surface area (Å²) in [6.45, 7) is 1.56. The Balaban J connectivity index is 1.90. The Morgan fingerprint density at radius 3 is 2.40 bits per heavy atom. The lowest BCUT2D eigenvalue weighted by Crippen LogP contribution is -2.34. The summed E-state index contributed by atoms with van der Waals surface area (Å²) in [5.74, 6) is -2.34. The molecule has 30 heavy (non-hydrogen) atoms. The van der Waals surface area contributed by atoms with Gasteiger partial charge in [0.2, 0.25) is 5.91 Å². The summed E-state index contributed by atoms with van der Waals surface area (Å²) in [6.07, 6.45) is -4.49. The molecule has 158 valence electrons. The molecular weight excluding hydrogens is 405 g/mol. The molecule has 0 aromatic heterocycles. The number of nitrogens with zero attached hydrogens (tertiary/aromatic N) is 1. The normalized spacial score (nSPS) is 20.3.